The van der Waals surface area contributed by atoms with Gasteiger partial charge in [-0.05, 0) is 49.5 Å². The fourth-order valence-corrected chi connectivity index (χ4v) is 1.47. The molecule has 0 aromatic heterocycles. The summed E-state index contributed by atoms with van der Waals surface area (Å²) in [5.74, 6) is 0. The quantitative estimate of drug-likeness (QED) is 0.701. The van der Waals surface area contributed by atoms with E-state index in [9.17, 15) is 0 Å². The van der Waals surface area contributed by atoms with E-state index in [1.54, 1.807) is 6.92 Å². The van der Waals surface area contributed by atoms with Crippen LogP contribution < -0.4 is 0 Å². The minimum atomic E-state index is 0.577. The molecule has 1 aromatic carbocycles. The summed E-state index contributed by atoms with van der Waals surface area (Å²) in [6.07, 6.45) is 0.799. The lowest BCUT2D eigenvalue weighted by Crippen LogP contribution is -2.01. The van der Waals surface area contributed by atoms with Crippen molar-refractivity contribution in [3.05, 3.63) is 47.0 Å². The lowest BCUT2D eigenvalue weighted by atomic mass is 9.95. The summed E-state index contributed by atoms with van der Waals surface area (Å²) in [7, 11) is 0. The summed E-state index contributed by atoms with van der Waals surface area (Å²) in [5, 5.41) is 7.49. The van der Waals surface area contributed by atoms with Gasteiger partial charge in [0.2, 0.25) is 0 Å². The number of nitrogens with one attached hydrogen (secondary N) is 1. The van der Waals surface area contributed by atoms with Crippen LogP contribution in [0.2, 0.25) is 0 Å². The smallest absolute Gasteiger partial charge is 0.0312 e. The average Bonchev–Trinajstić information content (AvgIpc) is 2.11. The topological polar surface area (TPSA) is 23.9 Å². The summed E-state index contributed by atoms with van der Waals surface area (Å²) >= 11 is 0. The second-order valence-electron chi connectivity index (χ2n) is 3.78. The molecule has 74 valence electrons. The summed E-state index contributed by atoms with van der Waals surface area (Å²) in [5.41, 5.74) is 5.36. The Bertz CT molecular complexity index is 355. The Balaban J connectivity index is 2.97. The predicted molar refractivity (Wildman–Crippen MR) is 62.2 cm³/mol. The molecule has 0 aliphatic carbocycles. The standard InChI is InChI=1S/C13H17N/c1-9-6-5-7-10(2)13(9)8-11(3)12(4)14/h5-7,14H,3,8H2,1-2,4H3. The van der Waals surface area contributed by atoms with Gasteiger partial charge in [-0.3, -0.25) is 0 Å². The van der Waals surface area contributed by atoms with Crippen LogP contribution in [-0.4, -0.2) is 5.71 Å². The van der Waals surface area contributed by atoms with E-state index >= 15 is 0 Å². The third-order valence-electron chi connectivity index (χ3n) is 2.56. The minimum Gasteiger partial charge on any atom is -0.305 e. The van der Waals surface area contributed by atoms with Crippen molar-refractivity contribution in [1.29, 1.82) is 5.41 Å². The number of hydrogen-bond acceptors (Lipinski definition) is 1. The Morgan fingerprint density at radius 3 is 2.21 bits per heavy atom. The zero-order valence-corrected chi connectivity index (χ0v) is 9.15. The Kier molecular flexibility index (Phi) is 3.23. The van der Waals surface area contributed by atoms with Crippen molar-refractivity contribution in [2.75, 3.05) is 0 Å². The second kappa shape index (κ2) is 4.23. The number of benzene rings is 1. The van der Waals surface area contributed by atoms with E-state index in [1.807, 2.05) is 0 Å². The van der Waals surface area contributed by atoms with Crippen LogP contribution in [0.25, 0.3) is 0 Å². The fraction of sp³-hybridized carbons (Fsp3) is 0.308. The molecule has 0 bridgehead atoms. The van der Waals surface area contributed by atoms with Crippen LogP contribution in [0.15, 0.2) is 30.4 Å². The first-order valence-electron chi connectivity index (χ1n) is 4.80. The maximum atomic E-state index is 7.49. The molecule has 0 atom stereocenters. The van der Waals surface area contributed by atoms with Crippen molar-refractivity contribution < 1.29 is 0 Å². The van der Waals surface area contributed by atoms with Gasteiger partial charge in [0, 0.05) is 5.71 Å². The molecule has 1 nitrogen and oxygen atoms in total. The molecular weight excluding hydrogens is 170 g/mol. The Labute approximate surface area is 86.0 Å². The van der Waals surface area contributed by atoms with Gasteiger partial charge in [-0.15, -0.1) is 0 Å². The molecule has 1 N–H and O–H groups in total. The van der Waals surface area contributed by atoms with Gasteiger partial charge in [-0.2, -0.15) is 0 Å². The molecule has 14 heavy (non-hydrogen) atoms. The molecule has 1 rings (SSSR count). The van der Waals surface area contributed by atoms with Gasteiger partial charge in [0.15, 0.2) is 0 Å². The molecule has 0 radical (unpaired) electrons. The van der Waals surface area contributed by atoms with Crippen LogP contribution in [0.3, 0.4) is 0 Å². The van der Waals surface area contributed by atoms with Crippen LogP contribution in [0.1, 0.15) is 23.6 Å². The van der Waals surface area contributed by atoms with Crippen LogP contribution >= 0.6 is 0 Å². The van der Waals surface area contributed by atoms with Gasteiger partial charge in [-0.1, -0.05) is 24.8 Å². The van der Waals surface area contributed by atoms with Crippen molar-refractivity contribution in [3.63, 3.8) is 0 Å². The molecule has 0 amide bonds. The minimum absolute atomic E-state index is 0.577. The summed E-state index contributed by atoms with van der Waals surface area (Å²) < 4.78 is 0. The van der Waals surface area contributed by atoms with E-state index in [2.05, 4.69) is 38.6 Å². The number of hydrogen-bond donors (Lipinski definition) is 1. The number of allylic oxidation sites excluding steroid dienone is 1. The SMILES string of the molecule is C=C(Cc1c(C)cccc1C)C(C)=N. The van der Waals surface area contributed by atoms with E-state index in [4.69, 9.17) is 5.41 Å². The lowest BCUT2D eigenvalue weighted by Gasteiger charge is -2.10. The highest BCUT2D eigenvalue weighted by atomic mass is 14.4. The number of aryl methyl sites for hydroxylation is 2. The first kappa shape index (κ1) is 10.7. The third kappa shape index (κ3) is 2.32. The van der Waals surface area contributed by atoms with Gasteiger partial charge in [-0.25, -0.2) is 0 Å². The van der Waals surface area contributed by atoms with Crippen molar-refractivity contribution in [1.82, 2.24) is 0 Å². The molecular formula is C13H17N. The van der Waals surface area contributed by atoms with E-state index in [0.717, 1.165) is 12.0 Å². The van der Waals surface area contributed by atoms with Crippen LogP contribution in [0.5, 0.6) is 0 Å². The van der Waals surface area contributed by atoms with Gasteiger partial charge >= 0.3 is 0 Å². The van der Waals surface area contributed by atoms with Crippen molar-refractivity contribution >= 4 is 5.71 Å². The largest absolute Gasteiger partial charge is 0.305 e. The monoisotopic (exact) mass is 187 g/mol. The molecule has 0 unspecified atom stereocenters. The molecule has 0 aliphatic heterocycles. The molecule has 0 saturated heterocycles. The molecule has 0 saturated carbocycles. The second-order valence-corrected chi connectivity index (χ2v) is 3.78. The average molecular weight is 187 g/mol. The van der Waals surface area contributed by atoms with E-state index in [1.165, 1.54) is 16.7 Å². The molecule has 0 fully saturated rings. The molecule has 0 heterocycles. The normalized spacial score (nSPS) is 9.93. The summed E-state index contributed by atoms with van der Waals surface area (Å²) in [4.78, 5) is 0. The van der Waals surface area contributed by atoms with E-state index in [0.29, 0.717) is 5.71 Å². The van der Waals surface area contributed by atoms with Crippen molar-refractivity contribution in [2.24, 2.45) is 0 Å². The fourth-order valence-electron chi connectivity index (χ4n) is 1.47. The zero-order chi connectivity index (χ0) is 10.7. The van der Waals surface area contributed by atoms with Gasteiger partial charge in [0.05, 0.1) is 0 Å². The zero-order valence-electron chi connectivity index (χ0n) is 9.15. The van der Waals surface area contributed by atoms with Crippen LogP contribution in [-0.2, 0) is 6.42 Å². The summed E-state index contributed by atoms with van der Waals surface area (Å²) in [6.45, 7) is 9.91. The molecule has 0 aliphatic rings. The van der Waals surface area contributed by atoms with Crippen molar-refractivity contribution in [2.45, 2.75) is 27.2 Å². The predicted octanol–water partition coefficient (Wildman–Crippen LogP) is 3.44. The first-order valence-corrected chi connectivity index (χ1v) is 4.80. The lowest BCUT2D eigenvalue weighted by molar-refractivity contribution is 1.13. The Morgan fingerprint density at radius 1 is 1.29 bits per heavy atom. The van der Waals surface area contributed by atoms with E-state index in [-0.39, 0.29) is 0 Å². The Hall–Kier alpha value is -1.37. The molecule has 1 heteroatoms. The first-order chi connectivity index (χ1) is 6.52. The van der Waals surface area contributed by atoms with Crippen LogP contribution in [0.4, 0.5) is 0 Å². The third-order valence-corrected chi connectivity index (χ3v) is 2.56. The maximum Gasteiger partial charge on any atom is 0.0312 e. The van der Waals surface area contributed by atoms with Crippen LogP contribution in [0, 0.1) is 19.3 Å². The highest BCUT2D eigenvalue weighted by molar-refractivity contribution is 5.95. The Morgan fingerprint density at radius 2 is 1.79 bits per heavy atom. The van der Waals surface area contributed by atoms with Gasteiger partial charge in [0.25, 0.3) is 0 Å². The van der Waals surface area contributed by atoms with Gasteiger partial charge < -0.3 is 5.41 Å². The summed E-state index contributed by atoms with van der Waals surface area (Å²) in [6, 6.07) is 6.28. The van der Waals surface area contributed by atoms with Gasteiger partial charge in [0.1, 0.15) is 0 Å². The molecule has 0 spiro atoms. The molecule has 1 aromatic rings. The van der Waals surface area contributed by atoms with Crippen molar-refractivity contribution in [3.8, 4) is 0 Å². The highest BCUT2D eigenvalue weighted by Crippen LogP contribution is 2.17. The van der Waals surface area contributed by atoms with E-state index < -0.39 is 0 Å². The number of rotatable bonds is 3. The highest BCUT2D eigenvalue weighted by Gasteiger charge is 2.04. The maximum absolute atomic E-state index is 7.49.